The minimum absolute atomic E-state index is 0.252. The lowest BCUT2D eigenvalue weighted by atomic mass is 9.97. The van der Waals surface area contributed by atoms with E-state index >= 15 is 0 Å². The number of hydrogen-bond donors (Lipinski definition) is 1. The number of ether oxygens (including phenoxy) is 1. The van der Waals surface area contributed by atoms with Gasteiger partial charge < -0.3 is 14.7 Å². The minimum atomic E-state index is -0.708. The van der Waals surface area contributed by atoms with Gasteiger partial charge in [-0.3, -0.25) is 4.79 Å². The van der Waals surface area contributed by atoms with Crippen LogP contribution in [0, 0.1) is 12.8 Å². The summed E-state index contributed by atoms with van der Waals surface area (Å²) in [4.78, 5) is 22.3. The van der Waals surface area contributed by atoms with Crippen LogP contribution in [-0.4, -0.2) is 41.2 Å². The smallest absolute Gasteiger partial charge is 0.306 e. The van der Waals surface area contributed by atoms with Gasteiger partial charge in [0.15, 0.2) is 0 Å². The largest absolute Gasteiger partial charge is 0.497 e. The van der Waals surface area contributed by atoms with Crippen LogP contribution in [0.1, 0.15) is 18.5 Å². The van der Waals surface area contributed by atoms with Crippen LogP contribution >= 0.6 is 0 Å². The van der Waals surface area contributed by atoms with Crippen molar-refractivity contribution in [2.45, 2.75) is 19.8 Å². The van der Waals surface area contributed by atoms with Gasteiger partial charge in [0.1, 0.15) is 5.75 Å². The average Bonchev–Trinajstić information content (AvgIpc) is 2.54. The van der Waals surface area contributed by atoms with Gasteiger partial charge in [-0.15, -0.1) is 0 Å². The lowest BCUT2D eigenvalue weighted by Crippen LogP contribution is -2.37. The highest BCUT2D eigenvalue weighted by molar-refractivity contribution is 5.83. The highest BCUT2D eigenvalue weighted by atomic mass is 16.5. The Bertz CT molecular complexity index is 709. The summed E-state index contributed by atoms with van der Waals surface area (Å²) in [5.74, 6) is 0.473. The molecule has 1 fully saturated rings. The van der Waals surface area contributed by atoms with Crippen LogP contribution in [-0.2, 0) is 4.79 Å². The molecule has 1 aromatic carbocycles. The maximum absolute atomic E-state index is 11.0. The van der Waals surface area contributed by atoms with Crippen molar-refractivity contribution in [2.24, 2.45) is 5.92 Å². The number of carbonyl (C=O) groups is 1. The molecule has 0 aliphatic carbocycles. The Morgan fingerprint density at radius 2 is 2.05 bits per heavy atom. The van der Waals surface area contributed by atoms with Gasteiger partial charge in [0, 0.05) is 24.5 Å². The quantitative estimate of drug-likeness (QED) is 0.937. The number of aryl methyl sites for hydroxylation is 1. The molecular weight excluding hydrogens is 282 g/mol. The van der Waals surface area contributed by atoms with E-state index < -0.39 is 5.97 Å². The maximum atomic E-state index is 11.0. The number of aromatic nitrogens is 2. The number of hydrogen-bond acceptors (Lipinski definition) is 5. The number of benzene rings is 1. The molecule has 22 heavy (non-hydrogen) atoms. The fourth-order valence-corrected chi connectivity index (χ4v) is 2.85. The second kappa shape index (κ2) is 5.79. The van der Waals surface area contributed by atoms with Crippen LogP contribution in [0.25, 0.3) is 10.9 Å². The summed E-state index contributed by atoms with van der Waals surface area (Å²) in [6.07, 6.45) is 1.27. The number of fused-ring (bicyclic) bond motifs is 1. The molecule has 0 unspecified atom stereocenters. The Kier molecular flexibility index (Phi) is 3.83. The zero-order valence-corrected chi connectivity index (χ0v) is 12.7. The summed E-state index contributed by atoms with van der Waals surface area (Å²) < 4.78 is 5.25. The highest BCUT2D eigenvalue weighted by Gasteiger charge is 2.26. The van der Waals surface area contributed by atoms with Crippen LogP contribution in [0.5, 0.6) is 5.75 Å². The number of aliphatic carboxylic acids is 1. The van der Waals surface area contributed by atoms with E-state index in [-0.39, 0.29) is 5.92 Å². The second-order valence-electron chi connectivity index (χ2n) is 5.59. The van der Waals surface area contributed by atoms with Crippen LogP contribution < -0.4 is 9.64 Å². The van der Waals surface area contributed by atoms with Crippen molar-refractivity contribution in [1.29, 1.82) is 0 Å². The van der Waals surface area contributed by atoms with Crippen molar-refractivity contribution < 1.29 is 14.6 Å². The number of methoxy groups -OCH3 is 1. The second-order valence-corrected chi connectivity index (χ2v) is 5.59. The SMILES string of the molecule is COc1ccc2c(C)nc(N3CCC(C(=O)O)CC3)nc2c1. The average molecular weight is 301 g/mol. The van der Waals surface area contributed by atoms with Gasteiger partial charge in [-0.1, -0.05) is 0 Å². The van der Waals surface area contributed by atoms with E-state index in [1.165, 1.54) is 0 Å². The normalized spacial score (nSPS) is 16.0. The summed E-state index contributed by atoms with van der Waals surface area (Å²) in [5.41, 5.74) is 1.77. The molecule has 0 bridgehead atoms. The van der Waals surface area contributed by atoms with Crippen molar-refractivity contribution in [2.75, 3.05) is 25.1 Å². The van der Waals surface area contributed by atoms with Crippen LogP contribution in [0.3, 0.4) is 0 Å². The molecule has 1 aromatic heterocycles. The Morgan fingerprint density at radius 1 is 1.32 bits per heavy atom. The Hall–Kier alpha value is -2.37. The lowest BCUT2D eigenvalue weighted by Gasteiger charge is -2.30. The van der Waals surface area contributed by atoms with Gasteiger partial charge in [-0.25, -0.2) is 9.97 Å². The molecule has 1 aliphatic heterocycles. The third-order valence-electron chi connectivity index (χ3n) is 4.21. The first-order valence-corrected chi connectivity index (χ1v) is 7.38. The molecule has 116 valence electrons. The molecule has 1 aliphatic rings. The number of anilines is 1. The van der Waals surface area contributed by atoms with Gasteiger partial charge in [0.25, 0.3) is 0 Å². The van der Waals surface area contributed by atoms with Gasteiger partial charge in [-0.2, -0.15) is 0 Å². The van der Waals surface area contributed by atoms with E-state index in [2.05, 4.69) is 14.9 Å². The molecule has 1 N–H and O–H groups in total. The van der Waals surface area contributed by atoms with E-state index in [1.807, 2.05) is 25.1 Å². The Labute approximate surface area is 128 Å². The Balaban J connectivity index is 1.90. The minimum Gasteiger partial charge on any atom is -0.497 e. The molecule has 0 saturated carbocycles. The molecule has 2 aromatic rings. The van der Waals surface area contributed by atoms with Crippen molar-refractivity contribution >= 4 is 22.8 Å². The summed E-state index contributed by atoms with van der Waals surface area (Å²) in [5, 5.41) is 10.1. The number of carboxylic acid groups (broad SMARTS) is 1. The third-order valence-corrected chi connectivity index (χ3v) is 4.21. The predicted octanol–water partition coefficient (Wildman–Crippen LogP) is 2.25. The first kappa shape index (κ1) is 14.6. The lowest BCUT2D eigenvalue weighted by molar-refractivity contribution is -0.142. The van der Waals surface area contributed by atoms with Crippen molar-refractivity contribution in [1.82, 2.24) is 9.97 Å². The summed E-state index contributed by atoms with van der Waals surface area (Å²) in [6, 6.07) is 5.76. The summed E-state index contributed by atoms with van der Waals surface area (Å²) in [7, 11) is 1.63. The standard InChI is InChI=1S/C16H19N3O3/c1-10-13-4-3-12(22-2)9-14(13)18-16(17-10)19-7-5-11(6-8-19)15(20)21/h3-4,9,11H,5-8H2,1-2H3,(H,20,21). The van der Waals surface area contributed by atoms with Gasteiger partial charge in [0.2, 0.25) is 5.95 Å². The fraction of sp³-hybridized carbons (Fsp3) is 0.438. The van der Waals surface area contributed by atoms with E-state index in [0.717, 1.165) is 22.3 Å². The van der Waals surface area contributed by atoms with Crippen LogP contribution in [0.2, 0.25) is 0 Å². The van der Waals surface area contributed by atoms with E-state index in [1.54, 1.807) is 7.11 Å². The van der Waals surface area contributed by atoms with Gasteiger partial charge >= 0.3 is 5.97 Å². The topological polar surface area (TPSA) is 75.5 Å². The number of nitrogens with zero attached hydrogens (tertiary/aromatic N) is 3. The molecule has 3 rings (SSSR count). The predicted molar refractivity (Wildman–Crippen MR) is 83.4 cm³/mol. The molecule has 6 nitrogen and oxygen atoms in total. The van der Waals surface area contributed by atoms with Gasteiger partial charge in [0.05, 0.1) is 24.2 Å². The van der Waals surface area contributed by atoms with Gasteiger partial charge in [-0.05, 0) is 31.9 Å². The summed E-state index contributed by atoms with van der Waals surface area (Å²) >= 11 is 0. The first-order chi connectivity index (χ1) is 10.6. The first-order valence-electron chi connectivity index (χ1n) is 7.38. The highest BCUT2D eigenvalue weighted by Crippen LogP contribution is 2.26. The maximum Gasteiger partial charge on any atom is 0.306 e. The third kappa shape index (κ3) is 2.68. The van der Waals surface area contributed by atoms with Crippen molar-refractivity contribution in [3.05, 3.63) is 23.9 Å². The molecule has 6 heteroatoms. The fourth-order valence-electron chi connectivity index (χ4n) is 2.85. The van der Waals surface area contributed by atoms with E-state index in [9.17, 15) is 4.79 Å². The number of rotatable bonds is 3. The van der Waals surface area contributed by atoms with Crippen LogP contribution in [0.4, 0.5) is 5.95 Å². The molecule has 0 spiro atoms. The zero-order valence-electron chi connectivity index (χ0n) is 12.7. The molecule has 0 radical (unpaired) electrons. The molecule has 2 heterocycles. The molecule has 0 atom stereocenters. The van der Waals surface area contributed by atoms with Crippen molar-refractivity contribution in [3.63, 3.8) is 0 Å². The molecule has 0 amide bonds. The summed E-state index contributed by atoms with van der Waals surface area (Å²) in [6.45, 7) is 3.31. The molecular formula is C16H19N3O3. The number of carboxylic acids is 1. The monoisotopic (exact) mass is 301 g/mol. The zero-order chi connectivity index (χ0) is 15.7. The van der Waals surface area contributed by atoms with Crippen molar-refractivity contribution in [3.8, 4) is 5.75 Å². The van der Waals surface area contributed by atoms with E-state index in [0.29, 0.717) is 31.9 Å². The Morgan fingerprint density at radius 3 is 2.68 bits per heavy atom. The van der Waals surface area contributed by atoms with Crippen LogP contribution in [0.15, 0.2) is 18.2 Å². The number of piperidine rings is 1. The van der Waals surface area contributed by atoms with E-state index in [4.69, 9.17) is 9.84 Å². The molecule has 1 saturated heterocycles.